The highest BCUT2D eigenvalue weighted by molar-refractivity contribution is 14.0. The maximum Gasteiger partial charge on any atom is 0.193 e. The van der Waals surface area contributed by atoms with Crippen LogP contribution in [0, 0.1) is 0 Å². The van der Waals surface area contributed by atoms with Gasteiger partial charge in [-0.2, -0.15) is 0 Å². The summed E-state index contributed by atoms with van der Waals surface area (Å²) in [6, 6.07) is 11.7. The number of nitrogens with one attached hydrogen (secondary N) is 1. The van der Waals surface area contributed by atoms with Gasteiger partial charge in [-0.3, -0.25) is 0 Å². The van der Waals surface area contributed by atoms with E-state index in [9.17, 15) is 5.11 Å². The van der Waals surface area contributed by atoms with Crippen molar-refractivity contribution >= 4 is 51.6 Å². The Balaban J connectivity index is 0.00000192. The Kier molecular flexibility index (Phi) is 6.29. The highest BCUT2D eigenvalue weighted by Crippen LogP contribution is 2.25. The molecule has 0 fully saturated rings. The zero-order chi connectivity index (χ0) is 15.5. The summed E-state index contributed by atoms with van der Waals surface area (Å²) in [5.41, 5.74) is 10.7. The van der Waals surface area contributed by atoms with Crippen molar-refractivity contribution in [2.45, 2.75) is 25.8 Å². The lowest BCUT2D eigenvalue weighted by atomic mass is 10.1. The molecule has 0 atom stereocenters. The molecule has 0 heterocycles. The first-order valence-corrected chi connectivity index (χ1v) is 8.07. The average Bonchev–Trinajstić information content (AvgIpc) is 2.96. The number of hydrogen-bond donors (Lipinski definition) is 3. The number of phenolic OH excluding ortho intramolecular Hbond substituents is 1. The van der Waals surface area contributed by atoms with Crippen LogP contribution >= 0.6 is 39.9 Å². The maximum absolute atomic E-state index is 9.47. The number of benzene rings is 2. The van der Waals surface area contributed by atoms with E-state index < -0.39 is 0 Å². The molecule has 0 unspecified atom stereocenters. The highest BCUT2D eigenvalue weighted by Gasteiger charge is 2.10. The summed E-state index contributed by atoms with van der Waals surface area (Å²) in [4.78, 5) is 4.33. The Labute approximate surface area is 161 Å². The summed E-state index contributed by atoms with van der Waals surface area (Å²) in [5.74, 6) is 0.610. The van der Waals surface area contributed by atoms with Gasteiger partial charge < -0.3 is 16.2 Å². The molecular formula is C17H19BrIN3O. The van der Waals surface area contributed by atoms with Crippen LogP contribution in [0.3, 0.4) is 0 Å². The predicted molar refractivity (Wildman–Crippen MR) is 109 cm³/mol. The van der Waals surface area contributed by atoms with Gasteiger partial charge in [0.1, 0.15) is 5.75 Å². The number of phenols is 1. The highest BCUT2D eigenvalue weighted by atomic mass is 127. The molecule has 0 radical (unpaired) electrons. The summed E-state index contributed by atoms with van der Waals surface area (Å²) < 4.78 is 0.658. The third-order valence-electron chi connectivity index (χ3n) is 3.81. The van der Waals surface area contributed by atoms with Gasteiger partial charge in [-0.1, -0.05) is 12.1 Å². The van der Waals surface area contributed by atoms with Gasteiger partial charge in [0.2, 0.25) is 0 Å². The smallest absolute Gasteiger partial charge is 0.193 e. The summed E-state index contributed by atoms with van der Waals surface area (Å²) in [5, 5.41) is 12.6. The third kappa shape index (κ3) is 4.60. The number of hydrogen-bond acceptors (Lipinski definition) is 2. The van der Waals surface area contributed by atoms with Crippen LogP contribution in [-0.4, -0.2) is 11.1 Å². The lowest BCUT2D eigenvalue weighted by Gasteiger charge is -2.08. The number of nitrogens with zero attached hydrogens (tertiary/aromatic N) is 1. The molecule has 0 aliphatic heterocycles. The molecule has 1 aliphatic carbocycles. The van der Waals surface area contributed by atoms with E-state index in [0.717, 1.165) is 17.7 Å². The lowest BCUT2D eigenvalue weighted by Crippen LogP contribution is -2.22. The Morgan fingerprint density at radius 1 is 1.17 bits per heavy atom. The molecule has 2 aromatic rings. The van der Waals surface area contributed by atoms with Gasteiger partial charge in [-0.25, -0.2) is 4.99 Å². The number of aryl methyl sites for hydroxylation is 2. The standard InChI is InChI=1S/C17H18BrN3O.HI/c18-15-8-11(4-7-16(15)22)10-20-17(19)21-14-6-5-12-2-1-3-13(12)9-14;/h4-9,22H,1-3,10H2,(H3,19,20,21);1H. The monoisotopic (exact) mass is 487 g/mol. The molecule has 4 N–H and O–H groups in total. The molecule has 2 aromatic carbocycles. The van der Waals surface area contributed by atoms with E-state index in [1.165, 1.54) is 24.0 Å². The summed E-state index contributed by atoms with van der Waals surface area (Å²) >= 11 is 3.29. The van der Waals surface area contributed by atoms with Crippen molar-refractivity contribution in [3.63, 3.8) is 0 Å². The van der Waals surface area contributed by atoms with Crippen LogP contribution in [0.5, 0.6) is 5.75 Å². The van der Waals surface area contributed by atoms with Gasteiger partial charge in [-0.15, -0.1) is 24.0 Å². The molecule has 3 rings (SSSR count). The largest absolute Gasteiger partial charge is 0.507 e. The molecule has 4 nitrogen and oxygen atoms in total. The molecule has 6 heteroatoms. The second-order valence-electron chi connectivity index (χ2n) is 5.45. The van der Waals surface area contributed by atoms with E-state index >= 15 is 0 Å². The van der Waals surface area contributed by atoms with E-state index in [1.54, 1.807) is 6.07 Å². The number of aliphatic imine (C=N–C) groups is 1. The number of fused-ring (bicyclic) bond motifs is 1. The minimum absolute atomic E-state index is 0. The molecule has 0 bridgehead atoms. The molecule has 122 valence electrons. The SMILES string of the molecule is I.NC(=NCc1ccc(O)c(Br)c1)Nc1ccc2c(c1)CCC2. The number of guanidine groups is 1. The Bertz CT molecular complexity index is 734. The summed E-state index contributed by atoms with van der Waals surface area (Å²) in [7, 11) is 0. The Morgan fingerprint density at radius 2 is 1.96 bits per heavy atom. The number of rotatable bonds is 3. The molecule has 0 amide bonds. The van der Waals surface area contributed by atoms with Crippen LogP contribution in [0.15, 0.2) is 45.9 Å². The van der Waals surface area contributed by atoms with E-state index in [-0.39, 0.29) is 29.7 Å². The first-order chi connectivity index (χ1) is 10.6. The third-order valence-corrected chi connectivity index (χ3v) is 4.45. The molecule has 0 saturated heterocycles. The van der Waals surface area contributed by atoms with Gasteiger partial charge in [0.25, 0.3) is 0 Å². The fraction of sp³-hybridized carbons (Fsp3) is 0.235. The summed E-state index contributed by atoms with van der Waals surface area (Å²) in [6.07, 6.45) is 3.55. The fourth-order valence-corrected chi connectivity index (χ4v) is 3.09. The van der Waals surface area contributed by atoms with Crippen LogP contribution in [0.4, 0.5) is 5.69 Å². The van der Waals surface area contributed by atoms with Gasteiger partial charge >= 0.3 is 0 Å². The average molecular weight is 488 g/mol. The second kappa shape index (κ2) is 8.01. The van der Waals surface area contributed by atoms with Crippen molar-refractivity contribution < 1.29 is 5.11 Å². The minimum atomic E-state index is 0. The van der Waals surface area contributed by atoms with Gasteiger partial charge in [0, 0.05) is 5.69 Å². The maximum atomic E-state index is 9.47. The van der Waals surface area contributed by atoms with Gasteiger partial charge in [-0.05, 0) is 76.1 Å². The first-order valence-electron chi connectivity index (χ1n) is 7.28. The van der Waals surface area contributed by atoms with Crippen molar-refractivity contribution in [3.8, 4) is 5.75 Å². The van der Waals surface area contributed by atoms with E-state index in [1.807, 2.05) is 18.2 Å². The normalized spacial score (nSPS) is 13.3. The van der Waals surface area contributed by atoms with Crippen molar-refractivity contribution in [3.05, 3.63) is 57.6 Å². The van der Waals surface area contributed by atoms with Crippen LogP contribution in [0.2, 0.25) is 0 Å². The van der Waals surface area contributed by atoms with Crippen molar-refractivity contribution in [1.82, 2.24) is 0 Å². The van der Waals surface area contributed by atoms with Crippen molar-refractivity contribution in [1.29, 1.82) is 0 Å². The zero-order valence-electron chi connectivity index (χ0n) is 12.6. The van der Waals surface area contributed by atoms with E-state index in [2.05, 4.69) is 38.4 Å². The number of halogens is 2. The summed E-state index contributed by atoms with van der Waals surface area (Å²) in [6.45, 7) is 0.461. The van der Waals surface area contributed by atoms with Crippen LogP contribution < -0.4 is 11.1 Å². The zero-order valence-corrected chi connectivity index (χ0v) is 16.5. The van der Waals surface area contributed by atoms with Crippen molar-refractivity contribution in [2.75, 3.05) is 5.32 Å². The molecule has 1 aliphatic rings. The Morgan fingerprint density at radius 3 is 2.74 bits per heavy atom. The topological polar surface area (TPSA) is 70.6 Å². The molecule has 0 aromatic heterocycles. The first kappa shape index (κ1) is 18.1. The molecule has 0 spiro atoms. The van der Waals surface area contributed by atoms with E-state index in [4.69, 9.17) is 5.73 Å². The van der Waals surface area contributed by atoms with Crippen LogP contribution in [-0.2, 0) is 19.4 Å². The molecular weight excluding hydrogens is 469 g/mol. The predicted octanol–water partition coefficient (Wildman–Crippen LogP) is 4.19. The van der Waals surface area contributed by atoms with Crippen LogP contribution in [0.25, 0.3) is 0 Å². The van der Waals surface area contributed by atoms with Crippen molar-refractivity contribution in [2.24, 2.45) is 10.7 Å². The number of aromatic hydroxyl groups is 1. The quantitative estimate of drug-likeness (QED) is 0.345. The van der Waals surface area contributed by atoms with E-state index in [0.29, 0.717) is 17.0 Å². The van der Waals surface area contributed by atoms with Gasteiger partial charge in [0.05, 0.1) is 11.0 Å². The molecule has 23 heavy (non-hydrogen) atoms. The molecule has 0 saturated carbocycles. The second-order valence-corrected chi connectivity index (χ2v) is 6.30. The number of anilines is 1. The fourth-order valence-electron chi connectivity index (χ4n) is 2.66. The number of nitrogens with two attached hydrogens (primary N) is 1. The van der Waals surface area contributed by atoms with Gasteiger partial charge in [0.15, 0.2) is 5.96 Å². The Hall–Kier alpha value is -1.28. The lowest BCUT2D eigenvalue weighted by molar-refractivity contribution is 0.471. The minimum Gasteiger partial charge on any atom is -0.507 e. The van der Waals surface area contributed by atoms with Crippen LogP contribution in [0.1, 0.15) is 23.1 Å².